The number of nitrogens with zero attached hydrogens (tertiary/aromatic N) is 1. The quantitative estimate of drug-likeness (QED) is 0.889. The minimum atomic E-state index is 0.0559. The summed E-state index contributed by atoms with van der Waals surface area (Å²) in [5.74, 6) is 0. The summed E-state index contributed by atoms with van der Waals surface area (Å²) in [6.45, 7) is 2.39. The van der Waals surface area contributed by atoms with Gasteiger partial charge in [0.15, 0.2) is 0 Å². The summed E-state index contributed by atoms with van der Waals surface area (Å²) in [6, 6.07) is 8.04. The molecule has 1 aliphatic heterocycles. The van der Waals surface area contributed by atoms with Crippen LogP contribution >= 0.6 is 15.9 Å². The zero-order valence-electron chi connectivity index (χ0n) is 9.08. The van der Waals surface area contributed by atoms with E-state index in [1.165, 1.54) is 0 Å². The maximum Gasteiger partial charge on any atom is 0.317 e. The van der Waals surface area contributed by atoms with Crippen molar-refractivity contribution in [3.63, 3.8) is 0 Å². The zero-order chi connectivity index (χ0) is 11.4. The van der Waals surface area contributed by atoms with Crippen LogP contribution < -0.4 is 5.32 Å². The highest BCUT2D eigenvalue weighted by Gasteiger charge is 2.16. The van der Waals surface area contributed by atoms with Gasteiger partial charge in [-0.3, -0.25) is 0 Å². The van der Waals surface area contributed by atoms with Crippen LogP contribution in [0.5, 0.6) is 0 Å². The summed E-state index contributed by atoms with van der Waals surface area (Å²) in [4.78, 5) is 13.6. The smallest absolute Gasteiger partial charge is 0.317 e. The number of likely N-dealkylation sites (tertiary alicyclic amines) is 1. The molecule has 2 amide bonds. The van der Waals surface area contributed by atoms with Crippen molar-refractivity contribution < 1.29 is 4.79 Å². The molecule has 0 aliphatic carbocycles. The Morgan fingerprint density at radius 1 is 1.25 bits per heavy atom. The van der Waals surface area contributed by atoms with Gasteiger partial charge in [-0.25, -0.2) is 4.79 Å². The van der Waals surface area contributed by atoms with Gasteiger partial charge in [0, 0.05) is 24.1 Å². The number of nitrogens with one attached hydrogen (secondary N) is 1. The Balaban J connectivity index is 1.82. The van der Waals surface area contributed by atoms with Crippen LogP contribution in [0.4, 0.5) is 4.79 Å². The number of benzene rings is 1. The number of hydrogen-bond donors (Lipinski definition) is 1. The Labute approximate surface area is 104 Å². The molecule has 3 nitrogen and oxygen atoms in total. The van der Waals surface area contributed by atoms with E-state index in [0.29, 0.717) is 6.54 Å². The van der Waals surface area contributed by atoms with Crippen molar-refractivity contribution in [1.82, 2.24) is 10.2 Å². The van der Waals surface area contributed by atoms with Crippen molar-refractivity contribution in [3.05, 3.63) is 34.3 Å². The molecule has 1 aromatic carbocycles. The molecule has 0 spiro atoms. The van der Waals surface area contributed by atoms with Crippen LogP contribution in [0, 0.1) is 0 Å². The van der Waals surface area contributed by atoms with Crippen molar-refractivity contribution in [3.8, 4) is 0 Å². The second kappa shape index (κ2) is 5.34. The van der Waals surface area contributed by atoms with Gasteiger partial charge < -0.3 is 10.2 Å². The Hall–Kier alpha value is -1.03. The van der Waals surface area contributed by atoms with E-state index >= 15 is 0 Å². The number of urea groups is 1. The van der Waals surface area contributed by atoms with E-state index in [2.05, 4.69) is 21.2 Å². The molecular formula is C12H15BrN2O. The lowest BCUT2D eigenvalue weighted by Crippen LogP contribution is -2.37. The van der Waals surface area contributed by atoms with Gasteiger partial charge >= 0.3 is 6.03 Å². The molecular weight excluding hydrogens is 268 g/mol. The Kier molecular flexibility index (Phi) is 3.83. The lowest BCUT2D eigenvalue weighted by Gasteiger charge is -2.16. The molecule has 0 saturated carbocycles. The van der Waals surface area contributed by atoms with Gasteiger partial charge in [-0.15, -0.1) is 0 Å². The Morgan fingerprint density at radius 3 is 2.50 bits per heavy atom. The van der Waals surface area contributed by atoms with Gasteiger partial charge in [0.2, 0.25) is 0 Å². The number of rotatable bonds is 2. The normalized spacial score (nSPS) is 15.2. The van der Waals surface area contributed by atoms with E-state index in [1.54, 1.807) is 0 Å². The average molecular weight is 283 g/mol. The standard InChI is InChI=1S/C12H15BrN2O/c13-11-5-3-10(4-6-11)9-14-12(16)15-7-1-2-8-15/h3-6H,1-2,7-9H2,(H,14,16). The average Bonchev–Trinajstić information content (AvgIpc) is 2.81. The van der Waals surface area contributed by atoms with Gasteiger partial charge in [0.25, 0.3) is 0 Å². The fourth-order valence-corrected chi connectivity index (χ4v) is 2.08. The summed E-state index contributed by atoms with van der Waals surface area (Å²) in [5.41, 5.74) is 1.12. The summed E-state index contributed by atoms with van der Waals surface area (Å²) in [6.07, 6.45) is 2.26. The van der Waals surface area contributed by atoms with Crippen LogP contribution in [0.3, 0.4) is 0 Å². The van der Waals surface area contributed by atoms with Gasteiger partial charge in [-0.05, 0) is 30.5 Å². The van der Waals surface area contributed by atoms with Gasteiger partial charge in [-0.2, -0.15) is 0 Å². The van der Waals surface area contributed by atoms with E-state index in [9.17, 15) is 4.79 Å². The summed E-state index contributed by atoms with van der Waals surface area (Å²) >= 11 is 3.38. The van der Waals surface area contributed by atoms with Crippen LogP contribution in [0.25, 0.3) is 0 Å². The molecule has 16 heavy (non-hydrogen) atoms. The van der Waals surface area contributed by atoms with Crippen LogP contribution in [0.15, 0.2) is 28.7 Å². The van der Waals surface area contributed by atoms with Crippen molar-refractivity contribution in [1.29, 1.82) is 0 Å². The Morgan fingerprint density at radius 2 is 1.88 bits per heavy atom. The lowest BCUT2D eigenvalue weighted by atomic mass is 10.2. The van der Waals surface area contributed by atoms with Crippen molar-refractivity contribution in [2.24, 2.45) is 0 Å². The molecule has 1 fully saturated rings. The van der Waals surface area contributed by atoms with Gasteiger partial charge in [0.1, 0.15) is 0 Å². The van der Waals surface area contributed by atoms with Crippen LogP contribution in [0.1, 0.15) is 18.4 Å². The minimum absolute atomic E-state index is 0.0559. The molecule has 1 saturated heterocycles. The zero-order valence-corrected chi connectivity index (χ0v) is 10.7. The first-order valence-electron chi connectivity index (χ1n) is 5.53. The third kappa shape index (κ3) is 2.98. The van der Waals surface area contributed by atoms with E-state index in [-0.39, 0.29) is 6.03 Å². The highest BCUT2D eigenvalue weighted by Crippen LogP contribution is 2.11. The van der Waals surface area contributed by atoms with Crippen LogP contribution in [-0.4, -0.2) is 24.0 Å². The predicted molar refractivity (Wildman–Crippen MR) is 67.2 cm³/mol. The molecule has 86 valence electrons. The number of hydrogen-bond acceptors (Lipinski definition) is 1. The van der Waals surface area contributed by atoms with Crippen LogP contribution in [-0.2, 0) is 6.54 Å². The fourth-order valence-electron chi connectivity index (χ4n) is 1.81. The molecule has 0 atom stereocenters. The molecule has 1 aromatic rings. The molecule has 0 radical (unpaired) electrons. The third-order valence-electron chi connectivity index (χ3n) is 2.75. The largest absolute Gasteiger partial charge is 0.334 e. The summed E-state index contributed by atoms with van der Waals surface area (Å²) in [7, 11) is 0. The van der Waals surface area contributed by atoms with Crippen LogP contribution in [0.2, 0.25) is 0 Å². The SMILES string of the molecule is O=C(NCc1ccc(Br)cc1)N1CCCC1. The van der Waals surface area contributed by atoms with E-state index in [1.807, 2.05) is 29.2 Å². The molecule has 1 aliphatic rings. The summed E-state index contributed by atoms with van der Waals surface area (Å²) < 4.78 is 1.06. The molecule has 1 heterocycles. The minimum Gasteiger partial charge on any atom is -0.334 e. The van der Waals surface area contributed by atoms with Gasteiger partial charge in [-0.1, -0.05) is 28.1 Å². The van der Waals surface area contributed by atoms with Crippen molar-refractivity contribution >= 4 is 22.0 Å². The van der Waals surface area contributed by atoms with Gasteiger partial charge in [0.05, 0.1) is 0 Å². The fraction of sp³-hybridized carbons (Fsp3) is 0.417. The van der Waals surface area contributed by atoms with Crippen molar-refractivity contribution in [2.75, 3.05) is 13.1 Å². The highest BCUT2D eigenvalue weighted by molar-refractivity contribution is 9.10. The maximum atomic E-state index is 11.7. The number of carbonyl (C=O) groups excluding carboxylic acids is 1. The summed E-state index contributed by atoms with van der Waals surface area (Å²) in [5, 5.41) is 2.93. The monoisotopic (exact) mass is 282 g/mol. The molecule has 1 N–H and O–H groups in total. The highest BCUT2D eigenvalue weighted by atomic mass is 79.9. The van der Waals surface area contributed by atoms with Crippen molar-refractivity contribution in [2.45, 2.75) is 19.4 Å². The molecule has 4 heteroatoms. The predicted octanol–water partition coefficient (Wildman–Crippen LogP) is 2.75. The number of halogens is 1. The number of carbonyl (C=O) groups is 1. The molecule has 0 unspecified atom stereocenters. The third-order valence-corrected chi connectivity index (χ3v) is 3.28. The molecule has 2 rings (SSSR count). The first kappa shape index (κ1) is 11.5. The lowest BCUT2D eigenvalue weighted by molar-refractivity contribution is 0.208. The van der Waals surface area contributed by atoms with E-state index in [4.69, 9.17) is 0 Å². The first-order chi connectivity index (χ1) is 7.75. The Bertz CT molecular complexity index is 358. The molecule has 0 aromatic heterocycles. The maximum absolute atomic E-state index is 11.7. The molecule has 0 bridgehead atoms. The van der Waals surface area contributed by atoms with E-state index in [0.717, 1.165) is 36.0 Å². The van der Waals surface area contributed by atoms with E-state index < -0.39 is 0 Å². The number of amides is 2. The topological polar surface area (TPSA) is 32.3 Å². The second-order valence-electron chi connectivity index (χ2n) is 3.98. The first-order valence-corrected chi connectivity index (χ1v) is 6.32. The second-order valence-corrected chi connectivity index (χ2v) is 4.90.